The summed E-state index contributed by atoms with van der Waals surface area (Å²) < 4.78 is 0. The van der Waals surface area contributed by atoms with Crippen molar-refractivity contribution in [3.63, 3.8) is 0 Å². The number of likely N-dealkylation sites (tertiary alicyclic amines) is 1. The average Bonchev–Trinajstić information content (AvgIpc) is 2.54. The molecule has 0 aromatic heterocycles. The molecule has 0 spiro atoms. The van der Waals surface area contributed by atoms with E-state index in [9.17, 15) is 14.7 Å². The third-order valence-electron chi connectivity index (χ3n) is 4.02. The van der Waals surface area contributed by atoms with Crippen LogP contribution in [-0.2, 0) is 9.59 Å². The number of anilines is 1. The van der Waals surface area contributed by atoms with Crippen molar-refractivity contribution < 1.29 is 14.7 Å². The maximum Gasteiger partial charge on any atom is 0.313 e. The Kier molecular flexibility index (Phi) is 6.12. The molecule has 2 atom stereocenters. The number of aliphatic hydroxyl groups excluding tert-OH is 1. The van der Waals surface area contributed by atoms with E-state index in [1.807, 2.05) is 20.2 Å². The topological polar surface area (TPSA) is 72.9 Å². The van der Waals surface area contributed by atoms with E-state index in [0.29, 0.717) is 18.8 Å². The largest absolute Gasteiger partial charge is 0.396 e. The number of carbonyl (C=O) groups excluding carboxylic acids is 2. The molecule has 2 N–H and O–H groups in total. The monoisotopic (exact) mass is 319 g/mol. The van der Waals surface area contributed by atoms with Gasteiger partial charge in [0, 0.05) is 37.8 Å². The van der Waals surface area contributed by atoms with Crippen LogP contribution in [0.25, 0.3) is 0 Å². The first kappa shape index (κ1) is 17.4. The summed E-state index contributed by atoms with van der Waals surface area (Å²) in [6.07, 6.45) is 0.874. The summed E-state index contributed by atoms with van der Waals surface area (Å²) in [5.41, 5.74) is 0.603. The van der Waals surface area contributed by atoms with Crippen LogP contribution in [0.4, 0.5) is 5.69 Å². The molecule has 1 aromatic rings. The van der Waals surface area contributed by atoms with Crippen LogP contribution in [0, 0.1) is 11.8 Å². The Morgan fingerprint density at radius 3 is 2.48 bits per heavy atom. The molecule has 1 aromatic carbocycles. The van der Waals surface area contributed by atoms with Gasteiger partial charge in [0.15, 0.2) is 0 Å². The highest BCUT2D eigenvalue weighted by Crippen LogP contribution is 2.22. The summed E-state index contributed by atoms with van der Waals surface area (Å²) in [6, 6.07) is 8.94. The molecule has 6 heteroatoms. The van der Waals surface area contributed by atoms with Gasteiger partial charge in [0.1, 0.15) is 0 Å². The van der Waals surface area contributed by atoms with Gasteiger partial charge in [0.25, 0.3) is 0 Å². The summed E-state index contributed by atoms with van der Waals surface area (Å²) in [4.78, 5) is 28.2. The summed E-state index contributed by atoms with van der Waals surface area (Å²) in [5, 5.41) is 12.1. The lowest BCUT2D eigenvalue weighted by Gasteiger charge is -2.37. The Morgan fingerprint density at radius 1 is 1.22 bits per heavy atom. The molecule has 1 saturated heterocycles. The third-order valence-corrected chi connectivity index (χ3v) is 4.02. The van der Waals surface area contributed by atoms with Crippen LogP contribution in [0.5, 0.6) is 0 Å². The minimum Gasteiger partial charge on any atom is -0.396 e. The van der Waals surface area contributed by atoms with Crippen molar-refractivity contribution in [3.05, 3.63) is 30.3 Å². The molecule has 1 heterocycles. The highest BCUT2D eigenvalue weighted by atomic mass is 16.3. The van der Waals surface area contributed by atoms with Crippen molar-refractivity contribution in [2.45, 2.75) is 6.42 Å². The molecule has 0 aliphatic carbocycles. The second kappa shape index (κ2) is 8.08. The maximum absolute atomic E-state index is 12.4. The van der Waals surface area contributed by atoms with Gasteiger partial charge >= 0.3 is 11.8 Å². The molecule has 126 valence electrons. The van der Waals surface area contributed by atoms with Crippen molar-refractivity contribution in [2.24, 2.45) is 11.8 Å². The molecule has 2 amide bonds. The van der Waals surface area contributed by atoms with Gasteiger partial charge in [0.2, 0.25) is 0 Å². The number of hydrogen-bond acceptors (Lipinski definition) is 4. The smallest absolute Gasteiger partial charge is 0.313 e. The average molecular weight is 319 g/mol. The molecule has 6 nitrogen and oxygen atoms in total. The van der Waals surface area contributed by atoms with Gasteiger partial charge in [-0.05, 0) is 38.6 Å². The Balaban J connectivity index is 2.00. The summed E-state index contributed by atoms with van der Waals surface area (Å²) in [6.45, 7) is 1.85. The van der Waals surface area contributed by atoms with Gasteiger partial charge < -0.3 is 20.2 Å². The van der Waals surface area contributed by atoms with Gasteiger partial charge in [-0.3, -0.25) is 9.59 Å². The summed E-state index contributed by atoms with van der Waals surface area (Å²) >= 11 is 0. The minimum atomic E-state index is -0.626. The normalized spacial score (nSPS) is 21.3. The second-order valence-electron chi connectivity index (χ2n) is 6.44. The molecule has 1 aliphatic rings. The fraction of sp³-hybridized carbons (Fsp3) is 0.529. The maximum atomic E-state index is 12.4. The fourth-order valence-corrected chi connectivity index (χ4v) is 3.11. The predicted octanol–water partition coefficient (Wildman–Crippen LogP) is 0.644. The summed E-state index contributed by atoms with van der Waals surface area (Å²) in [5.74, 6) is -0.860. The number of aliphatic hydroxyl groups is 1. The highest BCUT2D eigenvalue weighted by molar-refractivity contribution is 6.39. The van der Waals surface area contributed by atoms with Crippen molar-refractivity contribution in [1.29, 1.82) is 0 Å². The van der Waals surface area contributed by atoms with E-state index in [4.69, 9.17) is 0 Å². The first-order valence-electron chi connectivity index (χ1n) is 7.90. The van der Waals surface area contributed by atoms with Gasteiger partial charge in [-0.15, -0.1) is 0 Å². The molecule has 2 rings (SSSR count). The highest BCUT2D eigenvalue weighted by Gasteiger charge is 2.32. The van der Waals surface area contributed by atoms with Crippen LogP contribution >= 0.6 is 0 Å². The SMILES string of the molecule is CN(C)C[C@@H]1C[C@H](CO)CN(C(=O)C(=O)Nc2ccccc2)C1. The van der Waals surface area contributed by atoms with Crippen molar-refractivity contribution in [1.82, 2.24) is 9.80 Å². The molecule has 0 radical (unpaired) electrons. The molecule has 1 fully saturated rings. The number of nitrogens with one attached hydrogen (secondary N) is 1. The van der Waals surface area contributed by atoms with Crippen molar-refractivity contribution in [3.8, 4) is 0 Å². The predicted molar refractivity (Wildman–Crippen MR) is 88.9 cm³/mol. The van der Waals surface area contributed by atoms with E-state index in [-0.39, 0.29) is 18.4 Å². The van der Waals surface area contributed by atoms with Crippen LogP contribution in [-0.4, -0.2) is 67.1 Å². The number of piperidine rings is 1. The zero-order chi connectivity index (χ0) is 16.8. The van der Waals surface area contributed by atoms with E-state index < -0.39 is 11.8 Å². The number of hydrogen-bond donors (Lipinski definition) is 2. The van der Waals surface area contributed by atoms with E-state index in [0.717, 1.165) is 13.0 Å². The lowest BCUT2D eigenvalue weighted by Crippen LogP contribution is -2.50. The van der Waals surface area contributed by atoms with Crippen LogP contribution < -0.4 is 5.32 Å². The van der Waals surface area contributed by atoms with Crippen molar-refractivity contribution >= 4 is 17.5 Å². The Morgan fingerprint density at radius 2 is 1.87 bits per heavy atom. The Labute approximate surface area is 137 Å². The fourth-order valence-electron chi connectivity index (χ4n) is 3.11. The van der Waals surface area contributed by atoms with E-state index in [1.165, 1.54) is 0 Å². The molecule has 0 bridgehead atoms. The van der Waals surface area contributed by atoms with Crippen LogP contribution in [0.15, 0.2) is 30.3 Å². The molecule has 0 unspecified atom stereocenters. The van der Waals surface area contributed by atoms with E-state index >= 15 is 0 Å². The number of benzene rings is 1. The number of amides is 2. The molecule has 0 saturated carbocycles. The minimum absolute atomic E-state index is 0.0298. The quantitative estimate of drug-likeness (QED) is 0.799. The first-order valence-corrected chi connectivity index (χ1v) is 7.90. The zero-order valence-corrected chi connectivity index (χ0v) is 13.7. The van der Waals surface area contributed by atoms with Crippen LogP contribution in [0.3, 0.4) is 0 Å². The van der Waals surface area contributed by atoms with Gasteiger partial charge in [0.05, 0.1) is 0 Å². The number of rotatable bonds is 4. The standard InChI is InChI=1S/C17H25N3O3/c1-19(2)9-13-8-14(12-21)11-20(10-13)17(23)16(22)18-15-6-4-3-5-7-15/h3-7,13-14,21H,8-12H2,1-2H3,(H,18,22)/t13-,14-/m0/s1. The molecular weight excluding hydrogens is 294 g/mol. The lowest BCUT2D eigenvalue weighted by atomic mass is 9.89. The molecule has 1 aliphatic heterocycles. The molecular formula is C17H25N3O3. The Bertz CT molecular complexity index is 533. The Hall–Kier alpha value is -1.92. The van der Waals surface area contributed by atoms with Gasteiger partial charge in [-0.25, -0.2) is 0 Å². The molecule has 23 heavy (non-hydrogen) atoms. The van der Waals surface area contributed by atoms with Gasteiger partial charge in [-0.2, -0.15) is 0 Å². The summed E-state index contributed by atoms with van der Waals surface area (Å²) in [7, 11) is 3.97. The van der Waals surface area contributed by atoms with E-state index in [2.05, 4.69) is 10.2 Å². The van der Waals surface area contributed by atoms with Crippen molar-refractivity contribution in [2.75, 3.05) is 45.7 Å². The van der Waals surface area contributed by atoms with Crippen LogP contribution in [0.2, 0.25) is 0 Å². The van der Waals surface area contributed by atoms with E-state index in [1.54, 1.807) is 29.2 Å². The third kappa shape index (κ3) is 5.04. The number of carbonyl (C=O) groups is 2. The number of para-hydroxylation sites is 1. The first-order chi connectivity index (χ1) is 11.0. The lowest BCUT2D eigenvalue weighted by molar-refractivity contribution is -0.145. The zero-order valence-electron chi connectivity index (χ0n) is 13.7. The van der Waals surface area contributed by atoms with Gasteiger partial charge in [-0.1, -0.05) is 18.2 Å². The number of nitrogens with zero attached hydrogens (tertiary/aromatic N) is 2. The second-order valence-corrected chi connectivity index (χ2v) is 6.44. The van der Waals surface area contributed by atoms with Crippen LogP contribution in [0.1, 0.15) is 6.42 Å².